The second-order valence-corrected chi connectivity index (χ2v) is 4.71. The molecule has 94 valence electrons. The summed E-state index contributed by atoms with van der Waals surface area (Å²) >= 11 is 6.16. The molecule has 0 aliphatic carbocycles. The lowest BCUT2D eigenvalue weighted by Crippen LogP contribution is -2.15. The number of hydrogen-bond acceptors (Lipinski definition) is 3. The van der Waals surface area contributed by atoms with Crippen LogP contribution in [0.1, 0.15) is 30.8 Å². The number of hydrogen-bond donors (Lipinski definition) is 0. The molecular formula is C13H14ClN3O. The number of halogens is 1. The fourth-order valence-corrected chi connectivity index (χ4v) is 2.62. The van der Waals surface area contributed by atoms with Crippen LogP contribution < -0.4 is 4.74 Å². The lowest BCUT2D eigenvalue weighted by atomic mass is 10.1. The lowest BCUT2D eigenvalue weighted by molar-refractivity contribution is 0.314. The fraction of sp³-hybridized carbons (Fsp3) is 0.385. The lowest BCUT2D eigenvalue weighted by Gasteiger charge is -2.14. The number of rotatable bonds is 3. The molecule has 0 amide bonds. The molecule has 5 heteroatoms. The average Bonchev–Trinajstić information content (AvgIpc) is 2.94. The van der Waals surface area contributed by atoms with E-state index in [1.807, 2.05) is 22.8 Å². The maximum Gasteiger partial charge on any atom is 0.225 e. The molecule has 1 aromatic carbocycles. The molecule has 2 heterocycles. The Labute approximate surface area is 111 Å². The van der Waals surface area contributed by atoms with Crippen molar-refractivity contribution in [1.82, 2.24) is 14.8 Å². The summed E-state index contributed by atoms with van der Waals surface area (Å²) in [5.41, 5.74) is 1.15. The van der Waals surface area contributed by atoms with E-state index in [-0.39, 0.29) is 6.04 Å². The molecule has 1 aliphatic rings. The molecule has 0 saturated heterocycles. The Morgan fingerprint density at radius 1 is 1.39 bits per heavy atom. The van der Waals surface area contributed by atoms with Crippen LogP contribution in [0, 0.1) is 0 Å². The van der Waals surface area contributed by atoms with E-state index in [1.165, 1.54) is 0 Å². The van der Waals surface area contributed by atoms with Crippen molar-refractivity contribution in [2.75, 3.05) is 6.61 Å². The second-order valence-electron chi connectivity index (χ2n) is 4.37. The Balaban J connectivity index is 2.04. The van der Waals surface area contributed by atoms with Crippen molar-refractivity contribution in [2.24, 2.45) is 0 Å². The number of aromatic nitrogens is 3. The molecule has 1 unspecified atom stereocenters. The van der Waals surface area contributed by atoms with Crippen molar-refractivity contribution >= 4 is 11.6 Å². The van der Waals surface area contributed by atoms with Crippen molar-refractivity contribution in [3.63, 3.8) is 0 Å². The molecule has 2 aromatic rings. The van der Waals surface area contributed by atoms with Crippen LogP contribution in [-0.2, 0) is 6.42 Å². The van der Waals surface area contributed by atoms with E-state index in [0.29, 0.717) is 11.9 Å². The minimum atomic E-state index is 0.0882. The van der Waals surface area contributed by atoms with Crippen LogP contribution in [0.5, 0.6) is 5.75 Å². The predicted octanol–water partition coefficient (Wildman–Crippen LogP) is 2.87. The summed E-state index contributed by atoms with van der Waals surface area (Å²) in [7, 11) is 0. The van der Waals surface area contributed by atoms with Gasteiger partial charge in [-0.25, -0.2) is 0 Å². The number of para-hydroxylation sites is 1. The van der Waals surface area contributed by atoms with E-state index in [4.69, 9.17) is 16.3 Å². The Morgan fingerprint density at radius 2 is 2.22 bits per heavy atom. The summed E-state index contributed by atoms with van der Waals surface area (Å²) in [6.07, 6.45) is 1.89. The van der Waals surface area contributed by atoms with E-state index < -0.39 is 0 Å². The number of ether oxygens (including phenoxy) is 1. The predicted molar refractivity (Wildman–Crippen MR) is 69.1 cm³/mol. The van der Waals surface area contributed by atoms with Gasteiger partial charge in [0.15, 0.2) is 0 Å². The zero-order valence-electron chi connectivity index (χ0n) is 10.1. The number of aryl methyl sites for hydroxylation is 1. The van der Waals surface area contributed by atoms with Crippen molar-refractivity contribution < 1.29 is 4.74 Å². The molecule has 0 spiro atoms. The molecule has 3 rings (SSSR count). The van der Waals surface area contributed by atoms with Gasteiger partial charge in [-0.3, -0.25) is 4.57 Å². The third kappa shape index (κ3) is 1.77. The summed E-state index contributed by atoms with van der Waals surface area (Å²) in [5.74, 6) is 1.85. The first-order valence-corrected chi connectivity index (χ1v) is 6.50. The van der Waals surface area contributed by atoms with Crippen molar-refractivity contribution in [3.8, 4) is 5.75 Å². The SMILES string of the molecule is CCCc1nnc(Cl)n1C1COc2ccccc21. The average molecular weight is 264 g/mol. The highest BCUT2D eigenvalue weighted by Gasteiger charge is 2.29. The summed E-state index contributed by atoms with van der Waals surface area (Å²) in [5, 5.41) is 8.56. The van der Waals surface area contributed by atoms with E-state index in [2.05, 4.69) is 23.2 Å². The summed E-state index contributed by atoms with van der Waals surface area (Å²) in [4.78, 5) is 0. The van der Waals surface area contributed by atoms with Gasteiger partial charge < -0.3 is 4.74 Å². The van der Waals surface area contributed by atoms with Gasteiger partial charge in [0.25, 0.3) is 0 Å². The molecule has 0 saturated carbocycles. The van der Waals surface area contributed by atoms with Gasteiger partial charge in [-0.1, -0.05) is 25.1 Å². The smallest absolute Gasteiger partial charge is 0.225 e. The van der Waals surface area contributed by atoms with E-state index in [1.54, 1.807) is 0 Å². The molecule has 0 N–H and O–H groups in total. The van der Waals surface area contributed by atoms with Crippen molar-refractivity contribution in [1.29, 1.82) is 0 Å². The van der Waals surface area contributed by atoms with Crippen LogP contribution in [0.3, 0.4) is 0 Å². The van der Waals surface area contributed by atoms with E-state index in [9.17, 15) is 0 Å². The summed E-state index contributed by atoms with van der Waals surface area (Å²) < 4.78 is 7.67. The minimum absolute atomic E-state index is 0.0882. The molecule has 0 fully saturated rings. The normalized spacial score (nSPS) is 17.6. The first-order chi connectivity index (χ1) is 8.81. The zero-order valence-corrected chi connectivity index (χ0v) is 10.9. The maximum atomic E-state index is 6.16. The van der Waals surface area contributed by atoms with E-state index >= 15 is 0 Å². The van der Waals surface area contributed by atoms with Gasteiger partial charge in [0.2, 0.25) is 5.28 Å². The molecule has 4 nitrogen and oxygen atoms in total. The zero-order chi connectivity index (χ0) is 12.5. The molecule has 1 atom stereocenters. The van der Waals surface area contributed by atoms with Crippen LogP contribution in [0.15, 0.2) is 24.3 Å². The van der Waals surface area contributed by atoms with Crippen LogP contribution in [0.25, 0.3) is 0 Å². The number of fused-ring (bicyclic) bond motifs is 1. The Hall–Kier alpha value is -1.55. The van der Waals surface area contributed by atoms with Gasteiger partial charge in [0.05, 0.1) is 0 Å². The summed E-state index contributed by atoms with van der Waals surface area (Å²) in [6, 6.07) is 8.12. The number of nitrogens with zero attached hydrogens (tertiary/aromatic N) is 3. The van der Waals surface area contributed by atoms with Gasteiger partial charge in [-0.2, -0.15) is 0 Å². The molecular weight excluding hydrogens is 250 g/mol. The topological polar surface area (TPSA) is 39.9 Å². The largest absolute Gasteiger partial charge is 0.491 e. The Kier molecular flexibility index (Phi) is 2.96. The second kappa shape index (κ2) is 4.61. The van der Waals surface area contributed by atoms with Crippen LogP contribution >= 0.6 is 11.6 Å². The van der Waals surface area contributed by atoms with Gasteiger partial charge >= 0.3 is 0 Å². The third-order valence-electron chi connectivity index (χ3n) is 3.18. The highest BCUT2D eigenvalue weighted by molar-refractivity contribution is 6.28. The highest BCUT2D eigenvalue weighted by atomic mass is 35.5. The molecule has 1 aliphatic heterocycles. The third-order valence-corrected chi connectivity index (χ3v) is 3.44. The Morgan fingerprint density at radius 3 is 3.06 bits per heavy atom. The molecule has 0 radical (unpaired) electrons. The first-order valence-electron chi connectivity index (χ1n) is 6.12. The van der Waals surface area contributed by atoms with Gasteiger partial charge in [0.1, 0.15) is 24.2 Å². The quantitative estimate of drug-likeness (QED) is 0.855. The molecule has 18 heavy (non-hydrogen) atoms. The molecule has 0 bridgehead atoms. The fourth-order valence-electron chi connectivity index (χ4n) is 2.36. The standard InChI is InChI=1S/C13H14ClN3O/c1-2-5-12-15-16-13(14)17(12)10-8-18-11-7-4-3-6-9(10)11/h3-4,6-7,10H,2,5,8H2,1H3. The summed E-state index contributed by atoms with van der Waals surface area (Å²) in [6.45, 7) is 2.71. The van der Waals surface area contributed by atoms with Crippen molar-refractivity contribution in [2.45, 2.75) is 25.8 Å². The maximum absolute atomic E-state index is 6.16. The van der Waals surface area contributed by atoms with E-state index in [0.717, 1.165) is 30.0 Å². The minimum Gasteiger partial charge on any atom is -0.491 e. The Bertz CT molecular complexity index is 567. The van der Waals surface area contributed by atoms with Crippen LogP contribution in [0.2, 0.25) is 5.28 Å². The van der Waals surface area contributed by atoms with Gasteiger partial charge in [-0.15, -0.1) is 10.2 Å². The first kappa shape index (κ1) is 11.5. The number of benzene rings is 1. The van der Waals surface area contributed by atoms with Crippen LogP contribution in [0.4, 0.5) is 0 Å². The van der Waals surface area contributed by atoms with Crippen LogP contribution in [-0.4, -0.2) is 21.4 Å². The monoisotopic (exact) mass is 263 g/mol. The van der Waals surface area contributed by atoms with Crippen molar-refractivity contribution in [3.05, 3.63) is 40.9 Å². The highest BCUT2D eigenvalue weighted by Crippen LogP contribution is 2.36. The van der Waals surface area contributed by atoms with Gasteiger partial charge in [0, 0.05) is 12.0 Å². The molecule has 1 aromatic heterocycles. The van der Waals surface area contributed by atoms with Gasteiger partial charge in [-0.05, 0) is 24.1 Å².